The normalized spacial score (nSPS) is 14.8. The van der Waals surface area contributed by atoms with Gasteiger partial charge in [0.25, 0.3) is 0 Å². The van der Waals surface area contributed by atoms with Crippen molar-refractivity contribution in [3.05, 3.63) is 0 Å². The number of rotatable bonds is 4. The quantitative estimate of drug-likeness (QED) is 0.503. The van der Waals surface area contributed by atoms with Crippen molar-refractivity contribution in [2.75, 3.05) is 0 Å². The van der Waals surface area contributed by atoms with Crippen LogP contribution in [0.25, 0.3) is 0 Å². The highest BCUT2D eigenvalue weighted by Crippen LogP contribution is 2.04. The second-order valence-electron chi connectivity index (χ2n) is 2.49. The van der Waals surface area contributed by atoms with Crippen LogP contribution in [-0.2, 0) is 14.3 Å². The highest BCUT2D eigenvalue weighted by atomic mass is 19.1. The average Bonchev–Trinajstić information content (AvgIpc) is 2.14. The predicted molar refractivity (Wildman–Crippen MR) is 41.5 cm³/mol. The van der Waals surface area contributed by atoms with Crippen LogP contribution in [0.1, 0.15) is 26.7 Å². The van der Waals surface area contributed by atoms with E-state index in [9.17, 15) is 18.4 Å². The molecule has 0 aromatic carbocycles. The molecule has 0 aliphatic heterocycles. The van der Waals surface area contributed by atoms with Crippen molar-refractivity contribution >= 4 is 11.9 Å². The highest BCUT2D eigenvalue weighted by molar-refractivity contribution is 5.89. The van der Waals surface area contributed by atoms with Crippen molar-refractivity contribution in [2.24, 2.45) is 0 Å². The molecule has 0 N–H and O–H groups in total. The number of carbonyl (C=O) groups excluding carboxylic acids is 2. The second kappa shape index (κ2) is 5.61. The van der Waals surface area contributed by atoms with Gasteiger partial charge in [0.15, 0.2) is 12.3 Å². The third-order valence-corrected chi connectivity index (χ3v) is 1.43. The van der Waals surface area contributed by atoms with Gasteiger partial charge in [-0.25, -0.2) is 18.4 Å². The van der Waals surface area contributed by atoms with E-state index >= 15 is 0 Å². The molecule has 0 aliphatic carbocycles. The molecule has 0 bridgehead atoms. The SMILES string of the molecule is CCC(F)C(=O)OC(=O)C(F)CC. The fraction of sp³-hybridized carbons (Fsp3) is 0.750. The van der Waals surface area contributed by atoms with E-state index in [1.807, 2.05) is 0 Å². The molecule has 0 radical (unpaired) electrons. The molecular formula is C8H12F2O3. The molecule has 13 heavy (non-hydrogen) atoms. The Hall–Kier alpha value is -1.00. The summed E-state index contributed by atoms with van der Waals surface area (Å²) in [5, 5.41) is 0. The van der Waals surface area contributed by atoms with E-state index in [-0.39, 0.29) is 12.8 Å². The lowest BCUT2D eigenvalue weighted by molar-refractivity contribution is -0.166. The lowest BCUT2D eigenvalue weighted by atomic mass is 10.3. The van der Waals surface area contributed by atoms with Crippen molar-refractivity contribution in [2.45, 2.75) is 39.0 Å². The summed E-state index contributed by atoms with van der Waals surface area (Å²) in [6.07, 6.45) is -3.88. The van der Waals surface area contributed by atoms with Crippen molar-refractivity contribution in [1.29, 1.82) is 0 Å². The summed E-state index contributed by atoms with van der Waals surface area (Å²) in [6, 6.07) is 0. The first-order valence-corrected chi connectivity index (χ1v) is 4.06. The molecule has 0 spiro atoms. The highest BCUT2D eigenvalue weighted by Gasteiger charge is 2.24. The van der Waals surface area contributed by atoms with Gasteiger partial charge in [-0.05, 0) is 12.8 Å². The lowest BCUT2D eigenvalue weighted by Gasteiger charge is -2.06. The zero-order chi connectivity index (χ0) is 10.4. The Labute approximate surface area is 75.1 Å². The minimum absolute atomic E-state index is 0.0881. The van der Waals surface area contributed by atoms with E-state index < -0.39 is 24.3 Å². The van der Waals surface area contributed by atoms with Gasteiger partial charge in [0.05, 0.1) is 0 Å². The smallest absolute Gasteiger partial charge is 0.348 e. The third-order valence-electron chi connectivity index (χ3n) is 1.43. The van der Waals surface area contributed by atoms with Gasteiger partial charge in [-0.2, -0.15) is 0 Å². The van der Waals surface area contributed by atoms with Gasteiger partial charge in [0, 0.05) is 0 Å². The van der Waals surface area contributed by atoms with Crippen LogP contribution in [0.4, 0.5) is 8.78 Å². The van der Waals surface area contributed by atoms with Crippen LogP contribution in [0, 0.1) is 0 Å². The summed E-state index contributed by atoms with van der Waals surface area (Å²) in [7, 11) is 0. The number of hydrogen-bond donors (Lipinski definition) is 0. The van der Waals surface area contributed by atoms with Gasteiger partial charge >= 0.3 is 11.9 Å². The van der Waals surface area contributed by atoms with E-state index in [1.165, 1.54) is 13.8 Å². The van der Waals surface area contributed by atoms with Gasteiger partial charge in [0.2, 0.25) is 0 Å². The summed E-state index contributed by atoms with van der Waals surface area (Å²) >= 11 is 0. The molecule has 0 aromatic heterocycles. The largest absolute Gasteiger partial charge is 0.389 e. The van der Waals surface area contributed by atoms with Gasteiger partial charge in [-0.1, -0.05) is 13.8 Å². The predicted octanol–water partition coefficient (Wildman–Crippen LogP) is 1.55. The number of ether oxygens (including phenoxy) is 1. The Morgan fingerprint density at radius 1 is 1.08 bits per heavy atom. The van der Waals surface area contributed by atoms with E-state index in [2.05, 4.69) is 4.74 Å². The molecular weight excluding hydrogens is 182 g/mol. The number of halogens is 2. The lowest BCUT2D eigenvalue weighted by Crippen LogP contribution is -2.27. The second-order valence-corrected chi connectivity index (χ2v) is 2.49. The number of alkyl halides is 2. The van der Waals surface area contributed by atoms with Crippen LogP contribution >= 0.6 is 0 Å². The molecule has 5 heteroatoms. The molecule has 2 unspecified atom stereocenters. The molecule has 0 aliphatic rings. The minimum atomic E-state index is -1.85. The van der Waals surface area contributed by atoms with Crippen molar-refractivity contribution in [3.63, 3.8) is 0 Å². The molecule has 0 heterocycles. The number of esters is 2. The molecule has 0 saturated carbocycles. The summed E-state index contributed by atoms with van der Waals surface area (Å²) in [5.74, 6) is -2.63. The zero-order valence-electron chi connectivity index (χ0n) is 7.55. The first-order valence-electron chi connectivity index (χ1n) is 4.06. The van der Waals surface area contributed by atoms with Gasteiger partial charge in [0.1, 0.15) is 0 Å². The maximum atomic E-state index is 12.5. The fourth-order valence-electron chi connectivity index (χ4n) is 0.560. The first-order chi connectivity index (χ1) is 6.02. The minimum Gasteiger partial charge on any atom is -0.389 e. The van der Waals surface area contributed by atoms with Crippen LogP contribution in [-0.4, -0.2) is 24.3 Å². The van der Waals surface area contributed by atoms with E-state index in [0.717, 1.165) is 0 Å². The monoisotopic (exact) mass is 194 g/mol. The van der Waals surface area contributed by atoms with Gasteiger partial charge in [-0.3, -0.25) is 0 Å². The Balaban J connectivity index is 3.99. The average molecular weight is 194 g/mol. The molecule has 0 rings (SSSR count). The maximum Gasteiger partial charge on any atom is 0.348 e. The van der Waals surface area contributed by atoms with Gasteiger partial charge < -0.3 is 4.74 Å². The first kappa shape index (κ1) is 12.0. The van der Waals surface area contributed by atoms with Crippen LogP contribution in [0.2, 0.25) is 0 Å². The summed E-state index contributed by atoms with van der Waals surface area (Å²) in [4.78, 5) is 21.2. The topological polar surface area (TPSA) is 43.4 Å². The molecule has 0 saturated heterocycles. The Kier molecular flexibility index (Phi) is 5.18. The Morgan fingerprint density at radius 3 is 1.62 bits per heavy atom. The molecule has 0 amide bonds. The van der Waals surface area contributed by atoms with Crippen molar-refractivity contribution in [3.8, 4) is 0 Å². The maximum absolute atomic E-state index is 12.5. The number of carbonyl (C=O) groups is 2. The molecule has 76 valence electrons. The molecule has 3 nitrogen and oxygen atoms in total. The summed E-state index contributed by atoms with van der Waals surface area (Å²) < 4.78 is 28.9. The van der Waals surface area contributed by atoms with Gasteiger partial charge in [-0.15, -0.1) is 0 Å². The number of hydrogen-bond acceptors (Lipinski definition) is 3. The van der Waals surface area contributed by atoms with Crippen LogP contribution < -0.4 is 0 Å². The molecule has 2 atom stereocenters. The van der Waals surface area contributed by atoms with E-state index in [0.29, 0.717) is 0 Å². The zero-order valence-corrected chi connectivity index (χ0v) is 7.55. The fourth-order valence-corrected chi connectivity index (χ4v) is 0.560. The van der Waals surface area contributed by atoms with E-state index in [4.69, 9.17) is 0 Å². The molecule has 0 aromatic rings. The third kappa shape index (κ3) is 3.96. The Bertz CT molecular complexity index is 174. The molecule has 0 fully saturated rings. The van der Waals surface area contributed by atoms with Crippen LogP contribution in [0.3, 0.4) is 0 Å². The van der Waals surface area contributed by atoms with E-state index in [1.54, 1.807) is 0 Å². The summed E-state index contributed by atoms with van der Waals surface area (Å²) in [5.41, 5.74) is 0. The van der Waals surface area contributed by atoms with Crippen molar-refractivity contribution in [1.82, 2.24) is 0 Å². The van der Waals surface area contributed by atoms with Crippen LogP contribution in [0.5, 0.6) is 0 Å². The Morgan fingerprint density at radius 2 is 1.38 bits per heavy atom. The van der Waals surface area contributed by atoms with Crippen molar-refractivity contribution < 1.29 is 23.1 Å². The summed E-state index contributed by atoms with van der Waals surface area (Å²) in [6.45, 7) is 2.84. The standard InChI is InChI=1S/C8H12F2O3/c1-3-5(9)7(11)13-8(12)6(10)4-2/h5-6H,3-4H2,1-2H3. The van der Waals surface area contributed by atoms with Crippen LogP contribution in [0.15, 0.2) is 0 Å².